The van der Waals surface area contributed by atoms with E-state index in [0.717, 1.165) is 21.8 Å². The number of fused-ring (bicyclic) bond motifs is 1. The third-order valence-corrected chi connectivity index (χ3v) is 6.54. The molecular weight excluding hydrogens is 518 g/mol. The number of imide groups is 1. The summed E-state index contributed by atoms with van der Waals surface area (Å²) in [4.78, 5) is 52.2. The second kappa shape index (κ2) is 10.6. The lowest BCUT2D eigenvalue weighted by Crippen LogP contribution is -2.29. The number of rotatable bonds is 7. The number of anilines is 1. The number of carbonyl (C=O) groups is 4. The molecule has 1 aliphatic heterocycles. The SMILES string of the molecule is Cc1ccc(C)c(Oc2ccc(N3C(=O)c4ccc(C(=O)OCC(=O)c5ccc(Cl)cc5)cc4C3=O)cc2)c1. The molecule has 8 heteroatoms. The topological polar surface area (TPSA) is 90.0 Å². The Morgan fingerprint density at radius 2 is 1.44 bits per heavy atom. The van der Waals surface area contributed by atoms with E-state index in [1.54, 1.807) is 36.4 Å². The van der Waals surface area contributed by atoms with E-state index in [2.05, 4.69) is 0 Å². The maximum atomic E-state index is 13.2. The number of aryl methyl sites for hydroxylation is 2. The molecule has 0 radical (unpaired) electrons. The summed E-state index contributed by atoms with van der Waals surface area (Å²) in [5.74, 6) is -0.975. The van der Waals surface area contributed by atoms with Crippen LogP contribution in [0.2, 0.25) is 5.02 Å². The molecule has 4 aromatic carbocycles. The van der Waals surface area contributed by atoms with Crippen LogP contribution in [-0.4, -0.2) is 30.2 Å². The fourth-order valence-corrected chi connectivity index (χ4v) is 4.27. The van der Waals surface area contributed by atoms with E-state index in [9.17, 15) is 19.2 Å². The van der Waals surface area contributed by atoms with Crippen LogP contribution in [0.3, 0.4) is 0 Å². The van der Waals surface area contributed by atoms with E-state index < -0.39 is 30.2 Å². The molecule has 7 nitrogen and oxygen atoms in total. The Bertz CT molecular complexity index is 1630. The molecule has 0 aliphatic carbocycles. The average molecular weight is 540 g/mol. The predicted octanol–water partition coefficient (Wildman–Crippen LogP) is 6.59. The maximum absolute atomic E-state index is 13.2. The van der Waals surface area contributed by atoms with Crippen LogP contribution < -0.4 is 9.64 Å². The number of benzene rings is 4. The van der Waals surface area contributed by atoms with Crippen LogP contribution in [0.4, 0.5) is 5.69 Å². The Balaban J connectivity index is 1.28. The summed E-state index contributed by atoms with van der Waals surface area (Å²) in [5.41, 5.74) is 3.06. The lowest BCUT2D eigenvalue weighted by molar-refractivity contribution is 0.0474. The van der Waals surface area contributed by atoms with Crippen LogP contribution in [-0.2, 0) is 4.74 Å². The van der Waals surface area contributed by atoms with Crippen molar-refractivity contribution in [3.05, 3.63) is 123 Å². The van der Waals surface area contributed by atoms with Crippen molar-refractivity contribution < 1.29 is 28.7 Å². The molecule has 1 aliphatic rings. The Kier molecular flexibility index (Phi) is 7.00. The van der Waals surface area contributed by atoms with E-state index in [-0.39, 0.29) is 16.7 Å². The Labute approximate surface area is 229 Å². The van der Waals surface area contributed by atoms with Gasteiger partial charge < -0.3 is 9.47 Å². The number of hydrogen-bond acceptors (Lipinski definition) is 6. The Morgan fingerprint density at radius 1 is 0.769 bits per heavy atom. The number of hydrogen-bond donors (Lipinski definition) is 0. The summed E-state index contributed by atoms with van der Waals surface area (Å²) >= 11 is 5.83. The van der Waals surface area contributed by atoms with Crippen molar-refractivity contribution in [2.75, 3.05) is 11.5 Å². The van der Waals surface area contributed by atoms with E-state index in [0.29, 0.717) is 22.0 Å². The highest BCUT2D eigenvalue weighted by Gasteiger charge is 2.37. The van der Waals surface area contributed by atoms with Gasteiger partial charge in [0.25, 0.3) is 11.8 Å². The first-order chi connectivity index (χ1) is 18.7. The van der Waals surface area contributed by atoms with E-state index in [1.165, 1.54) is 30.3 Å². The Morgan fingerprint density at radius 3 is 2.15 bits per heavy atom. The highest BCUT2D eigenvalue weighted by molar-refractivity contribution is 6.34. The lowest BCUT2D eigenvalue weighted by Gasteiger charge is -2.15. The van der Waals surface area contributed by atoms with Crippen LogP contribution >= 0.6 is 11.6 Å². The monoisotopic (exact) mass is 539 g/mol. The third kappa shape index (κ3) is 5.30. The highest BCUT2D eigenvalue weighted by atomic mass is 35.5. The van der Waals surface area contributed by atoms with Gasteiger partial charge in [-0.3, -0.25) is 14.4 Å². The smallest absolute Gasteiger partial charge is 0.338 e. The molecule has 1 heterocycles. The van der Waals surface area contributed by atoms with Gasteiger partial charge in [-0.05, 0) is 97.8 Å². The number of carbonyl (C=O) groups excluding carboxylic acids is 4. The summed E-state index contributed by atoms with van der Waals surface area (Å²) in [6.45, 7) is 3.44. The lowest BCUT2D eigenvalue weighted by atomic mass is 10.1. The fourth-order valence-electron chi connectivity index (χ4n) is 4.14. The molecular formula is C31H22ClNO6. The summed E-state index contributed by atoms with van der Waals surface area (Å²) in [6, 6.07) is 22.8. The molecule has 0 aromatic heterocycles. The van der Waals surface area contributed by atoms with Crippen molar-refractivity contribution in [1.82, 2.24) is 0 Å². The minimum atomic E-state index is -0.785. The molecule has 194 valence electrons. The molecule has 0 atom stereocenters. The summed E-state index contributed by atoms with van der Waals surface area (Å²) in [5, 5.41) is 0.483. The summed E-state index contributed by atoms with van der Waals surface area (Å²) in [7, 11) is 0. The summed E-state index contributed by atoms with van der Waals surface area (Å²) in [6.07, 6.45) is 0. The molecule has 5 rings (SSSR count). The van der Waals surface area contributed by atoms with Gasteiger partial charge in [0.05, 0.1) is 22.4 Å². The number of Topliss-reactive ketones (excluding diaryl/α,β-unsaturated/α-hetero) is 1. The predicted molar refractivity (Wildman–Crippen MR) is 146 cm³/mol. The van der Waals surface area contributed by atoms with Gasteiger partial charge in [0.15, 0.2) is 12.4 Å². The second-order valence-corrected chi connectivity index (χ2v) is 9.51. The summed E-state index contributed by atoms with van der Waals surface area (Å²) < 4.78 is 11.1. The van der Waals surface area contributed by atoms with Gasteiger partial charge in [0.2, 0.25) is 0 Å². The molecule has 0 N–H and O–H groups in total. The van der Waals surface area contributed by atoms with Gasteiger partial charge in [-0.15, -0.1) is 0 Å². The molecule has 0 spiro atoms. The van der Waals surface area contributed by atoms with Crippen molar-refractivity contribution in [2.24, 2.45) is 0 Å². The van der Waals surface area contributed by atoms with Crippen LogP contribution in [0.5, 0.6) is 11.5 Å². The largest absolute Gasteiger partial charge is 0.457 e. The number of esters is 1. The molecule has 0 saturated carbocycles. The van der Waals surface area contributed by atoms with Gasteiger partial charge in [0, 0.05) is 10.6 Å². The number of halogens is 1. The van der Waals surface area contributed by atoms with Gasteiger partial charge >= 0.3 is 5.97 Å². The quantitative estimate of drug-likeness (QED) is 0.149. The number of nitrogens with zero attached hydrogens (tertiary/aromatic N) is 1. The zero-order chi connectivity index (χ0) is 27.7. The van der Waals surface area contributed by atoms with Crippen molar-refractivity contribution in [2.45, 2.75) is 13.8 Å². The van der Waals surface area contributed by atoms with Crippen LogP contribution in [0.25, 0.3) is 0 Å². The van der Waals surface area contributed by atoms with E-state index >= 15 is 0 Å². The molecule has 2 amide bonds. The average Bonchev–Trinajstić information content (AvgIpc) is 3.19. The first-order valence-corrected chi connectivity index (χ1v) is 12.4. The van der Waals surface area contributed by atoms with Gasteiger partial charge in [0.1, 0.15) is 11.5 Å². The number of amides is 2. The molecule has 0 saturated heterocycles. The highest BCUT2D eigenvalue weighted by Crippen LogP contribution is 2.32. The number of ether oxygens (including phenoxy) is 2. The van der Waals surface area contributed by atoms with Crippen LogP contribution in [0, 0.1) is 13.8 Å². The Hall–Kier alpha value is -4.75. The first kappa shape index (κ1) is 25.9. The maximum Gasteiger partial charge on any atom is 0.338 e. The fraction of sp³-hybridized carbons (Fsp3) is 0.0968. The second-order valence-electron chi connectivity index (χ2n) is 9.08. The minimum absolute atomic E-state index is 0.0536. The zero-order valence-corrected chi connectivity index (χ0v) is 21.8. The van der Waals surface area contributed by atoms with E-state index in [1.807, 2.05) is 32.0 Å². The molecule has 4 aromatic rings. The van der Waals surface area contributed by atoms with Gasteiger partial charge in [-0.25, -0.2) is 9.69 Å². The molecule has 0 fully saturated rings. The molecule has 39 heavy (non-hydrogen) atoms. The van der Waals surface area contributed by atoms with E-state index in [4.69, 9.17) is 21.1 Å². The van der Waals surface area contributed by atoms with Crippen molar-refractivity contribution in [1.29, 1.82) is 0 Å². The normalized spacial score (nSPS) is 12.3. The van der Waals surface area contributed by atoms with Crippen LogP contribution in [0.15, 0.2) is 84.9 Å². The van der Waals surface area contributed by atoms with Gasteiger partial charge in [-0.1, -0.05) is 23.7 Å². The minimum Gasteiger partial charge on any atom is -0.457 e. The van der Waals surface area contributed by atoms with Crippen molar-refractivity contribution in [3.63, 3.8) is 0 Å². The van der Waals surface area contributed by atoms with Crippen molar-refractivity contribution in [3.8, 4) is 11.5 Å². The number of ketones is 1. The van der Waals surface area contributed by atoms with Gasteiger partial charge in [-0.2, -0.15) is 0 Å². The molecule has 0 bridgehead atoms. The standard InChI is InChI=1S/C31H22ClNO6/c1-18-3-4-19(2)28(15-18)39-24-12-10-23(11-13-24)33-29(35)25-14-7-21(16-26(25)30(33)36)31(37)38-17-27(34)20-5-8-22(32)9-6-20/h3-16H,17H2,1-2H3. The zero-order valence-electron chi connectivity index (χ0n) is 21.1. The third-order valence-electron chi connectivity index (χ3n) is 6.29. The molecule has 0 unspecified atom stereocenters. The first-order valence-electron chi connectivity index (χ1n) is 12.0. The van der Waals surface area contributed by atoms with Crippen LogP contribution in [0.1, 0.15) is 52.6 Å². The van der Waals surface area contributed by atoms with Crippen molar-refractivity contribution >= 4 is 40.9 Å².